The van der Waals surface area contributed by atoms with Gasteiger partial charge in [-0.2, -0.15) is 13.2 Å². The van der Waals surface area contributed by atoms with Crippen molar-refractivity contribution in [1.29, 1.82) is 0 Å². The van der Waals surface area contributed by atoms with Gasteiger partial charge in [0.05, 0.1) is 21.2 Å². The molecule has 0 fully saturated rings. The highest BCUT2D eigenvalue weighted by Crippen LogP contribution is 2.33. The maximum Gasteiger partial charge on any atom is 0.416 e. The maximum atomic E-state index is 13.2. The van der Waals surface area contributed by atoms with E-state index in [0.29, 0.717) is 25.6 Å². The molecule has 3 aromatic rings. The molecule has 3 rings (SSSR count). The monoisotopic (exact) mass is 546 g/mol. The topological polar surface area (TPSA) is 66.5 Å². The van der Waals surface area contributed by atoms with Crippen molar-refractivity contribution < 1.29 is 26.4 Å². The molecule has 0 spiro atoms. The molecule has 32 heavy (non-hydrogen) atoms. The number of benzene rings is 3. The van der Waals surface area contributed by atoms with E-state index in [0.717, 1.165) is 12.1 Å². The summed E-state index contributed by atoms with van der Waals surface area (Å²) in [5.74, 6) is -0.764. The number of nitrogens with zero attached hydrogens (tertiary/aromatic N) is 1. The van der Waals surface area contributed by atoms with E-state index >= 15 is 0 Å². The molecule has 5 nitrogen and oxygen atoms in total. The van der Waals surface area contributed by atoms with E-state index in [1.807, 2.05) is 0 Å². The second kappa shape index (κ2) is 9.51. The molecule has 0 saturated heterocycles. The van der Waals surface area contributed by atoms with E-state index in [4.69, 9.17) is 11.6 Å². The van der Waals surface area contributed by atoms with Crippen molar-refractivity contribution >= 4 is 54.8 Å². The van der Waals surface area contributed by atoms with Crippen LogP contribution < -0.4 is 9.62 Å². The van der Waals surface area contributed by atoms with Crippen molar-refractivity contribution in [2.75, 3.05) is 16.2 Å². The molecule has 0 unspecified atom stereocenters. The third-order valence-electron chi connectivity index (χ3n) is 4.28. The molecule has 0 aliphatic carbocycles. The van der Waals surface area contributed by atoms with Crippen LogP contribution in [0.4, 0.5) is 24.5 Å². The van der Waals surface area contributed by atoms with Crippen LogP contribution in [0.5, 0.6) is 0 Å². The normalized spacial score (nSPS) is 11.8. The van der Waals surface area contributed by atoms with Gasteiger partial charge < -0.3 is 5.32 Å². The van der Waals surface area contributed by atoms with Crippen molar-refractivity contribution in [2.45, 2.75) is 11.1 Å². The Hall–Kier alpha value is -2.56. The molecule has 0 aliphatic rings. The maximum absolute atomic E-state index is 13.2. The Morgan fingerprint density at radius 1 is 1.00 bits per heavy atom. The van der Waals surface area contributed by atoms with Crippen LogP contribution in [-0.4, -0.2) is 20.9 Å². The first kappa shape index (κ1) is 24.1. The highest BCUT2D eigenvalue weighted by atomic mass is 79.9. The molecule has 1 N–H and O–H groups in total. The predicted octanol–water partition coefficient (Wildman–Crippen LogP) is 5.96. The Morgan fingerprint density at radius 3 is 2.31 bits per heavy atom. The molecule has 0 radical (unpaired) electrons. The molecule has 0 saturated carbocycles. The number of hydrogen-bond acceptors (Lipinski definition) is 3. The SMILES string of the molecule is O=C(CN(c1cccc(C(F)(F)F)c1)S(=O)(=O)c1ccccc1)Nc1ccc(Br)c(Cl)c1. The van der Waals surface area contributed by atoms with E-state index in [9.17, 15) is 26.4 Å². The molecule has 0 aliphatic heterocycles. The summed E-state index contributed by atoms with van der Waals surface area (Å²) in [6.45, 7) is -0.758. The average molecular weight is 548 g/mol. The van der Waals surface area contributed by atoms with Crippen LogP contribution in [-0.2, 0) is 21.0 Å². The van der Waals surface area contributed by atoms with Gasteiger partial charge in [0.25, 0.3) is 10.0 Å². The summed E-state index contributed by atoms with van der Waals surface area (Å²) in [5, 5.41) is 2.82. The number of nitrogens with one attached hydrogen (secondary N) is 1. The first-order chi connectivity index (χ1) is 15.0. The zero-order chi connectivity index (χ0) is 23.5. The van der Waals surface area contributed by atoms with Crippen LogP contribution in [0.1, 0.15) is 5.56 Å². The Morgan fingerprint density at radius 2 is 1.69 bits per heavy atom. The first-order valence-electron chi connectivity index (χ1n) is 8.98. The number of alkyl halides is 3. The van der Waals surface area contributed by atoms with Gasteiger partial charge in [-0.1, -0.05) is 35.9 Å². The molecule has 0 atom stereocenters. The van der Waals surface area contributed by atoms with E-state index in [-0.39, 0.29) is 10.6 Å². The van der Waals surface area contributed by atoms with Crippen LogP contribution >= 0.6 is 27.5 Å². The summed E-state index contributed by atoms with van der Waals surface area (Å²) < 4.78 is 67.3. The molecule has 0 bridgehead atoms. The number of sulfonamides is 1. The fraction of sp³-hybridized carbons (Fsp3) is 0.0952. The minimum Gasteiger partial charge on any atom is -0.324 e. The largest absolute Gasteiger partial charge is 0.416 e. The smallest absolute Gasteiger partial charge is 0.324 e. The van der Waals surface area contributed by atoms with E-state index in [1.165, 1.54) is 42.5 Å². The molecule has 168 valence electrons. The fourth-order valence-corrected chi connectivity index (χ4v) is 4.64. The summed E-state index contributed by atoms with van der Waals surface area (Å²) in [6, 6.07) is 15.5. The molecular weight excluding hydrogens is 533 g/mol. The number of carbonyl (C=O) groups is 1. The van der Waals surface area contributed by atoms with Crippen LogP contribution in [0, 0.1) is 0 Å². The summed E-state index contributed by atoms with van der Waals surface area (Å²) in [6.07, 6.45) is -4.69. The van der Waals surface area contributed by atoms with Crippen LogP contribution in [0.25, 0.3) is 0 Å². The predicted molar refractivity (Wildman–Crippen MR) is 120 cm³/mol. The highest BCUT2D eigenvalue weighted by Gasteiger charge is 2.33. The Kier molecular flexibility index (Phi) is 7.16. The number of halogens is 5. The van der Waals surface area contributed by atoms with Crippen molar-refractivity contribution in [3.63, 3.8) is 0 Å². The lowest BCUT2D eigenvalue weighted by Gasteiger charge is -2.25. The molecule has 0 aromatic heterocycles. The lowest BCUT2D eigenvalue weighted by Crippen LogP contribution is -2.38. The first-order valence-corrected chi connectivity index (χ1v) is 11.6. The van der Waals surface area contributed by atoms with E-state index in [1.54, 1.807) is 12.1 Å². The number of hydrogen-bond donors (Lipinski definition) is 1. The number of amides is 1. The summed E-state index contributed by atoms with van der Waals surface area (Å²) >= 11 is 9.22. The standard InChI is InChI=1S/C21H15BrClF3N2O3S/c22-18-10-9-15(12-19(18)23)27-20(29)13-28(32(30,31)17-7-2-1-3-8-17)16-6-4-5-14(11-16)21(24,25)26/h1-12H,13H2,(H,27,29). The molecule has 1 amide bonds. The second-order valence-corrected chi connectivity index (χ2v) is 9.67. The van der Waals surface area contributed by atoms with Crippen molar-refractivity contribution in [2.24, 2.45) is 0 Å². The van der Waals surface area contributed by atoms with Gasteiger partial charge in [-0.05, 0) is 64.5 Å². The van der Waals surface area contributed by atoms with Crippen LogP contribution in [0.3, 0.4) is 0 Å². The quantitative estimate of drug-likeness (QED) is 0.414. The lowest BCUT2D eigenvalue weighted by molar-refractivity contribution is -0.137. The van der Waals surface area contributed by atoms with Crippen LogP contribution in [0.15, 0.2) is 82.2 Å². The molecule has 0 heterocycles. The number of anilines is 2. The van der Waals surface area contributed by atoms with Gasteiger partial charge in [0.15, 0.2) is 0 Å². The van der Waals surface area contributed by atoms with Gasteiger partial charge >= 0.3 is 6.18 Å². The van der Waals surface area contributed by atoms with Gasteiger partial charge in [0.1, 0.15) is 6.54 Å². The zero-order valence-electron chi connectivity index (χ0n) is 16.1. The van der Waals surface area contributed by atoms with Crippen molar-refractivity contribution in [3.05, 3.63) is 87.9 Å². The van der Waals surface area contributed by atoms with Gasteiger partial charge in [-0.15, -0.1) is 0 Å². The summed E-state index contributed by atoms with van der Waals surface area (Å²) in [5.41, 5.74) is -1.04. The van der Waals surface area contributed by atoms with Crippen molar-refractivity contribution in [1.82, 2.24) is 0 Å². The molecule has 3 aromatic carbocycles. The third-order valence-corrected chi connectivity index (χ3v) is 7.30. The van der Waals surface area contributed by atoms with Crippen molar-refractivity contribution in [3.8, 4) is 0 Å². The minimum atomic E-state index is -4.69. The second-order valence-electron chi connectivity index (χ2n) is 6.55. The fourth-order valence-electron chi connectivity index (χ4n) is 2.78. The highest BCUT2D eigenvalue weighted by molar-refractivity contribution is 9.10. The van der Waals surface area contributed by atoms with Gasteiger partial charge in [0, 0.05) is 10.2 Å². The van der Waals surface area contributed by atoms with Gasteiger partial charge in [0.2, 0.25) is 5.91 Å². The number of rotatable bonds is 6. The molecule has 11 heteroatoms. The van der Waals surface area contributed by atoms with Crippen LogP contribution in [0.2, 0.25) is 5.02 Å². The third kappa shape index (κ3) is 5.62. The Balaban J connectivity index is 1.99. The minimum absolute atomic E-state index is 0.170. The van der Waals surface area contributed by atoms with Gasteiger partial charge in [-0.25, -0.2) is 8.42 Å². The number of carbonyl (C=O) groups excluding carboxylic acids is 1. The lowest BCUT2D eigenvalue weighted by atomic mass is 10.2. The Labute approximate surface area is 196 Å². The summed E-state index contributed by atoms with van der Waals surface area (Å²) in [4.78, 5) is 12.5. The van der Waals surface area contributed by atoms with E-state index < -0.39 is 34.2 Å². The average Bonchev–Trinajstić information content (AvgIpc) is 2.74. The Bertz CT molecular complexity index is 1240. The molecular formula is C21H15BrClF3N2O3S. The summed E-state index contributed by atoms with van der Waals surface area (Å²) in [7, 11) is -4.35. The van der Waals surface area contributed by atoms with E-state index in [2.05, 4.69) is 21.2 Å². The zero-order valence-corrected chi connectivity index (χ0v) is 19.3. The van der Waals surface area contributed by atoms with Gasteiger partial charge in [-0.3, -0.25) is 9.10 Å².